The van der Waals surface area contributed by atoms with Gasteiger partial charge in [-0.1, -0.05) is 15.9 Å². The van der Waals surface area contributed by atoms with Gasteiger partial charge in [-0.05, 0) is 30.7 Å². The van der Waals surface area contributed by atoms with Crippen LogP contribution in [0.3, 0.4) is 0 Å². The summed E-state index contributed by atoms with van der Waals surface area (Å²) in [6.07, 6.45) is 1.45. The summed E-state index contributed by atoms with van der Waals surface area (Å²) in [4.78, 5) is 0. The first kappa shape index (κ1) is 13.2. The van der Waals surface area contributed by atoms with Crippen molar-refractivity contribution in [3.8, 4) is 0 Å². The molecule has 0 aliphatic carbocycles. The minimum Gasteiger partial charge on any atom is -0.388 e. The lowest BCUT2D eigenvalue weighted by Gasteiger charge is -2.11. The van der Waals surface area contributed by atoms with E-state index in [4.69, 9.17) is 0 Å². The van der Waals surface area contributed by atoms with E-state index < -0.39 is 6.10 Å². The van der Waals surface area contributed by atoms with Gasteiger partial charge in [0.05, 0.1) is 11.8 Å². The van der Waals surface area contributed by atoms with E-state index in [2.05, 4.69) is 21.0 Å². The van der Waals surface area contributed by atoms with Crippen LogP contribution in [0.15, 0.2) is 28.9 Å². The zero-order chi connectivity index (χ0) is 13.3. The molecule has 3 nitrogen and oxygen atoms in total. The number of hydrogen-bond acceptors (Lipinski definition) is 2. The van der Waals surface area contributed by atoms with Gasteiger partial charge in [-0.2, -0.15) is 5.10 Å². The van der Waals surface area contributed by atoms with Crippen LogP contribution >= 0.6 is 15.9 Å². The third kappa shape index (κ3) is 2.79. The number of hydrogen-bond donors (Lipinski definition) is 1. The summed E-state index contributed by atoms with van der Waals surface area (Å²) in [7, 11) is 1.81. The Morgan fingerprint density at radius 1 is 1.50 bits per heavy atom. The normalized spacial score (nSPS) is 12.7. The summed E-state index contributed by atoms with van der Waals surface area (Å²) < 4.78 is 15.6. The van der Waals surface area contributed by atoms with Crippen molar-refractivity contribution in [1.82, 2.24) is 9.78 Å². The lowest BCUT2D eigenvalue weighted by molar-refractivity contribution is 0.177. The molecule has 0 fully saturated rings. The molecule has 1 unspecified atom stereocenters. The standard InChI is InChI=1S/C13H14BrFN2O/c1-8-11(7-17(2)16-8)13(18)6-9-5-10(15)3-4-12(9)14/h3-5,7,13,18H,6H2,1-2H3. The first-order valence-electron chi connectivity index (χ1n) is 5.59. The fraction of sp³-hybridized carbons (Fsp3) is 0.308. The van der Waals surface area contributed by atoms with Crippen LogP contribution in [0.5, 0.6) is 0 Å². The van der Waals surface area contributed by atoms with Crippen molar-refractivity contribution in [2.45, 2.75) is 19.4 Å². The molecule has 0 amide bonds. The Labute approximate surface area is 113 Å². The predicted octanol–water partition coefficient (Wildman–Crippen LogP) is 2.91. The zero-order valence-electron chi connectivity index (χ0n) is 10.2. The molecule has 0 saturated heterocycles. The average molecular weight is 313 g/mol. The molecule has 5 heteroatoms. The molecule has 1 aromatic carbocycles. The smallest absolute Gasteiger partial charge is 0.123 e. The Balaban J connectivity index is 2.23. The van der Waals surface area contributed by atoms with Crippen LogP contribution in [0.2, 0.25) is 0 Å². The molecule has 0 aliphatic rings. The van der Waals surface area contributed by atoms with E-state index in [0.29, 0.717) is 6.42 Å². The van der Waals surface area contributed by atoms with Crippen molar-refractivity contribution in [2.75, 3.05) is 0 Å². The highest BCUT2D eigenvalue weighted by Gasteiger charge is 2.15. The molecular weight excluding hydrogens is 299 g/mol. The molecular formula is C13H14BrFN2O. The number of benzene rings is 1. The second-order valence-corrected chi connectivity index (χ2v) is 5.15. The maximum atomic E-state index is 13.2. The van der Waals surface area contributed by atoms with Crippen LogP contribution in [-0.2, 0) is 13.5 Å². The lowest BCUT2D eigenvalue weighted by Crippen LogP contribution is -2.03. The summed E-state index contributed by atoms with van der Waals surface area (Å²) >= 11 is 3.36. The van der Waals surface area contributed by atoms with Gasteiger partial charge in [0.15, 0.2) is 0 Å². The van der Waals surface area contributed by atoms with Gasteiger partial charge in [-0.3, -0.25) is 4.68 Å². The summed E-state index contributed by atoms with van der Waals surface area (Å²) in [5.74, 6) is -0.302. The van der Waals surface area contributed by atoms with Gasteiger partial charge in [0.25, 0.3) is 0 Å². The number of aromatic nitrogens is 2. The van der Waals surface area contributed by atoms with Gasteiger partial charge in [0.2, 0.25) is 0 Å². The zero-order valence-corrected chi connectivity index (χ0v) is 11.8. The summed E-state index contributed by atoms with van der Waals surface area (Å²) in [5, 5.41) is 14.4. The monoisotopic (exact) mass is 312 g/mol. The summed E-state index contributed by atoms with van der Waals surface area (Å²) in [6.45, 7) is 1.85. The van der Waals surface area contributed by atoms with E-state index in [9.17, 15) is 9.50 Å². The predicted molar refractivity (Wildman–Crippen MR) is 70.7 cm³/mol. The maximum absolute atomic E-state index is 13.2. The minimum atomic E-state index is -0.684. The van der Waals surface area contributed by atoms with E-state index >= 15 is 0 Å². The SMILES string of the molecule is Cc1nn(C)cc1C(O)Cc1cc(F)ccc1Br. The van der Waals surface area contributed by atoms with Crippen LogP contribution in [0.25, 0.3) is 0 Å². The van der Waals surface area contributed by atoms with Crippen molar-refractivity contribution in [1.29, 1.82) is 0 Å². The molecule has 1 aromatic heterocycles. The first-order chi connectivity index (χ1) is 8.47. The summed E-state index contributed by atoms with van der Waals surface area (Å²) in [5.41, 5.74) is 2.30. The van der Waals surface area contributed by atoms with Crippen molar-refractivity contribution in [3.63, 3.8) is 0 Å². The van der Waals surface area contributed by atoms with Gasteiger partial charge < -0.3 is 5.11 Å². The highest BCUT2D eigenvalue weighted by molar-refractivity contribution is 9.10. The van der Waals surface area contributed by atoms with E-state index in [0.717, 1.165) is 21.3 Å². The highest BCUT2D eigenvalue weighted by Crippen LogP contribution is 2.25. The van der Waals surface area contributed by atoms with Crippen LogP contribution in [-0.4, -0.2) is 14.9 Å². The quantitative estimate of drug-likeness (QED) is 0.946. The largest absolute Gasteiger partial charge is 0.388 e. The molecule has 18 heavy (non-hydrogen) atoms. The molecule has 0 saturated carbocycles. The van der Waals surface area contributed by atoms with Gasteiger partial charge in [0.1, 0.15) is 5.82 Å². The average Bonchev–Trinajstić information content (AvgIpc) is 2.63. The van der Waals surface area contributed by atoms with Crippen LogP contribution in [0, 0.1) is 12.7 Å². The van der Waals surface area contributed by atoms with Crippen LogP contribution in [0.4, 0.5) is 4.39 Å². The maximum Gasteiger partial charge on any atom is 0.123 e. The van der Waals surface area contributed by atoms with E-state index in [1.54, 1.807) is 24.0 Å². The molecule has 2 rings (SSSR count). The van der Waals surface area contributed by atoms with Crippen LogP contribution < -0.4 is 0 Å². The molecule has 0 spiro atoms. The van der Waals surface area contributed by atoms with Gasteiger partial charge in [-0.15, -0.1) is 0 Å². The number of rotatable bonds is 3. The third-order valence-corrected chi connectivity index (χ3v) is 3.61. The topological polar surface area (TPSA) is 38.0 Å². The fourth-order valence-electron chi connectivity index (χ4n) is 1.96. The van der Waals surface area contributed by atoms with Crippen LogP contribution in [0.1, 0.15) is 22.9 Å². The number of aliphatic hydroxyl groups excluding tert-OH is 1. The Hall–Kier alpha value is -1.20. The van der Waals surface area contributed by atoms with Gasteiger partial charge in [-0.25, -0.2) is 4.39 Å². The number of nitrogens with zero attached hydrogens (tertiary/aromatic N) is 2. The van der Waals surface area contributed by atoms with Crippen molar-refractivity contribution in [2.24, 2.45) is 7.05 Å². The molecule has 0 bridgehead atoms. The molecule has 1 heterocycles. The van der Waals surface area contributed by atoms with Crippen molar-refractivity contribution < 1.29 is 9.50 Å². The Kier molecular flexibility index (Phi) is 3.82. The van der Waals surface area contributed by atoms with Crippen molar-refractivity contribution >= 4 is 15.9 Å². The number of aliphatic hydroxyl groups is 1. The Bertz CT molecular complexity index is 568. The third-order valence-electron chi connectivity index (χ3n) is 2.83. The highest BCUT2D eigenvalue weighted by atomic mass is 79.9. The second-order valence-electron chi connectivity index (χ2n) is 4.30. The number of aryl methyl sites for hydroxylation is 2. The molecule has 96 valence electrons. The van der Waals surface area contributed by atoms with Gasteiger partial charge >= 0.3 is 0 Å². The molecule has 1 N–H and O–H groups in total. The van der Waals surface area contributed by atoms with Gasteiger partial charge in [0, 0.05) is 29.7 Å². The minimum absolute atomic E-state index is 0.302. The molecule has 0 aliphatic heterocycles. The Morgan fingerprint density at radius 2 is 2.22 bits per heavy atom. The Morgan fingerprint density at radius 3 is 2.83 bits per heavy atom. The number of halogens is 2. The first-order valence-corrected chi connectivity index (χ1v) is 6.39. The van der Waals surface area contributed by atoms with E-state index in [1.165, 1.54) is 12.1 Å². The van der Waals surface area contributed by atoms with Crippen molar-refractivity contribution in [3.05, 3.63) is 51.5 Å². The molecule has 0 radical (unpaired) electrons. The second kappa shape index (κ2) is 5.20. The summed E-state index contributed by atoms with van der Waals surface area (Å²) in [6, 6.07) is 4.46. The fourth-order valence-corrected chi connectivity index (χ4v) is 2.37. The van der Waals surface area contributed by atoms with E-state index in [-0.39, 0.29) is 5.82 Å². The van der Waals surface area contributed by atoms with E-state index in [1.807, 2.05) is 6.92 Å². The molecule has 2 aromatic rings. The molecule has 1 atom stereocenters. The lowest BCUT2D eigenvalue weighted by atomic mass is 10.0.